The van der Waals surface area contributed by atoms with Gasteiger partial charge in [0.1, 0.15) is 0 Å². The molecule has 0 atom stereocenters. The topological polar surface area (TPSA) is 22.0 Å². The lowest BCUT2D eigenvalue weighted by atomic mass is 10.1. The van der Waals surface area contributed by atoms with Crippen molar-refractivity contribution in [1.82, 2.24) is 4.57 Å². The van der Waals surface area contributed by atoms with E-state index in [1.807, 2.05) is 24.4 Å². The molecule has 0 unspecified atom stereocenters. The van der Waals surface area contributed by atoms with Crippen LogP contribution in [-0.4, -0.2) is 4.57 Å². The number of halogens is 1. The van der Waals surface area contributed by atoms with E-state index in [-0.39, 0.29) is 5.56 Å². The highest BCUT2D eigenvalue weighted by Crippen LogP contribution is 2.24. The van der Waals surface area contributed by atoms with Crippen LogP contribution in [0.3, 0.4) is 0 Å². The zero-order valence-electron chi connectivity index (χ0n) is 8.75. The third-order valence-electron chi connectivity index (χ3n) is 2.62. The monoisotopic (exact) mass is 221 g/mol. The minimum absolute atomic E-state index is 0.00435. The van der Waals surface area contributed by atoms with Crippen molar-refractivity contribution < 1.29 is 0 Å². The van der Waals surface area contributed by atoms with E-state index in [0.29, 0.717) is 10.4 Å². The zero-order valence-corrected chi connectivity index (χ0v) is 9.51. The van der Waals surface area contributed by atoms with Crippen LogP contribution in [0.5, 0.6) is 0 Å². The van der Waals surface area contributed by atoms with Crippen LogP contribution in [0.4, 0.5) is 0 Å². The Bertz CT molecular complexity index is 572. The molecule has 0 aliphatic carbocycles. The summed E-state index contributed by atoms with van der Waals surface area (Å²) in [5.41, 5.74) is 1.11. The van der Waals surface area contributed by atoms with Crippen LogP contribution >= 0.6 is 11.6 Å². The molecule has 0 bridgehead atoms. The van der Waals surface area contributed by atoms with Gasteiger partial charge in [0.05, 0.1) is 0 Å². The summed E-state index contributed by atoms with van der Waals surface area (Å²) in [6.07, 6.45) is 2.73. The third-order valence-corrected chi connectivity index (χ3v) is 2.93. The third kappa shape index (κ3) is 1.55. The van der Waals surface area contributed by atoms with E-state index in [4.69, 9.17) is 11.6 Å². The van der Waals surface area contributed by atoms with Crippen LogP contribution in [0.25, 0.3) is 10.8 Å². The van der Waals surface area contributed by atoms with E-state index in [1.165, 1.54) is 0 Å². The van der Waals surface area contributed by atoms with Crippen molar-refractivity contribution in [1.29, 1.82) is 0 Å². The first-order valence-electron chi connectivity index (χ1n) is 4.92. The molecular formula is C12H12ClNO. The molecule has 2 aromatic rings. The van der Waals surface area contributed by atoms with Crippen molar-refractivity contribution in [2.75, 3.05) is 0 Å². The average Bonchev–Trinajstić information content (AvgIpc) is 2.23. The van der Waals surface area contributed by atoms with Crippen molar-refractivity contribution in [2.45, 2.75) is 13.3 Å². The highest BCUT2D eigenvalue weighted by molar-refractivity contribution is 6.35. The van der Waals surface area contributed by atoms with Gasteiger partial charge in [-0.25, -0.2) is 0 Å². The standard InChI is InChI=1S/C12H12ClNO/c1-3-8-7-14(2)12(15)9-5-4-6-10(13)11(8)9/h4-7H,3H2,1-2H3. The minimum Gasteiger partial charge on any atom is -0.318 e. The maximum Gasteiger partial charge on any atom is 0.258 e. The summed E-state index contributed by atoms with van der Waals surface area (Å²) in [6, 6.07) is 5.46. The summed E-state index contributed by atoms with van der Waals surface area (Å²) < 4.78 is 1.61. The Morgan fingerprint density at radius 2 is 2.13 bits per heavy atom. The van der Waals surface area contributed by atoms with E-state index in [9.17, 15) is 4.79 Å². The van der Waals surface area contributed by atoms with Crippen LogP contribution < -0.4 is 5.56 Å². The molecule has 1 aromatic carbocycles. The van der Waals surface area contributed by atoms with Gasteiger partial charge >= 0.3 is 0 Å². The molecule has 0 aliphatic rings. The normalized spacial score (nSPS) is 10.9. The predicted molar refractivity (Wildman–Crippen MR) is 63.6 cm³/mol. The van der Waals surface area contributed by atoms with E-state index >= 15 is 0 Å². The molecule has 0 N–H and O–H groups in total. The number of hydrogen-bond acceptors (Lipinski definition) is 1. The number of fused-ring (bicyclic) bond motifs is 1. The minimum atomic E-state index is 0.00435. The lowest BCUT2D eigenvalue weighted by molar-refractivity contribution is 0.857. The molecule has 1 heterocycles. The Hall–Kier alpha value is -1.28. The Labute approximate surface area is 93.1 Å². The second-order valence-electron chi connectivity index (χ2n) is 3.59. The molecule has 2 rings (SSSR count). The van der Waals surface area contributed by atoms with Crippen LogP contribution in [0.1, 0.15) is 12.5 Å². The van der Waals surface area contributed by atoms with Gasteiger partial charge in [0, 0.05) is 29.0 Å². The second kappa shape index (κ2) is 3.70. The van der Waals surface area contributed by atoms with Crippen molar-refractivity contribution >= 4 is 22.4 Å². The molecule has 0 spiro atoms. The van der Waals surface area contributed by atoms with Gasteiger partial charge < -0.3 is 4.57 Å². The fourth-order valence-corrected chi connectivity index (χ4v) is 2.14. The lowest BCUT2D eigenvalue weighted by Crippen LogP contribution is -2.17. The van der Waals surface area contributed by atoms with Gasteiger partial charge in [-0.15, -0.1) is 0 Å². The smallest absolute Gasteiger partial charge is 0.258 e. The summed E-state index contributed by atoms with van der Waals surface area (Å²) >= 11 is 6.12. The van der Waals surface area contributed by atoms with Gasteiger partial charge in [-0.1, -0.05) is 24.6 Å². The van der Waals surface area contributed by atoms with Crippen molar-refractivity contribution in [2.24, 2.45) is 7.05 Å². The van der Waals surface area contributed by atoms with Gasteiger partial charge in [-0.2, -0.15) is 0 Å². The molecule has 3 heteroatoms. The van der Waals surface area contributed by atoms with Gasteiger partial charge in [0.2, 0.25) is 0 Å². The number of rotatable bonds is 1. The molecular weight excluding hydrogens is 210 g/mol. The van der Waals surface area contributed by atoms with E-state index < -0.39 is 0 Å². The first-order chi connectivity index (χ1) is 7.15. The molecule has 0 saturated heterocycles. The van der Waals surface area contributed by atoms with Gasteiger partial charge in [0.15, 0.2) is 0 Å². The molecule has 0 aliphatic heterocycles. The fraction of sp³-hybridized carbons (Fsp3) is 0.250. The molecule has 1 aromatic heterocycles. The number of hydrogen-bond donors (Lipinski definition) is 0. The molecule has 2 nitrogen and oxygen atoms in total. The first-order valence-corrected chi connectivity index (χ1v) is 5.29. The number of aryl methyl sites for hydroxylation is 2. The van der Waals surface area contributed by atoms with Crippen LogP contribution in [-0.2, 0) is 13.5 Å². The summed E-state index contributed by atoms with van der Waals surface area (Å²) in [5, 5.41) is 2.25. The van der Waals surface area contributed by atoms with E-state index in [0.717, 1.165) is 17.4 Å². The van der Waals surface area contributed by atoms with E-state index in [1.54, 1.807) is 11.6 Å². The van der Waals surface area contributed by atoms with Gasteiger partial charge in [-0.05, 0) is 24.1 Å². The summed E-state index contributed by atoms with van der Waals surface area (Å²) in [7, 11) is 1.77. The first kappa shape index (κ1) is 10.2. The molecule has 0 radical (unpaired) electrons. The maximum absolute atomic E-state index is 11.9. The zero-order chi connectivity index (χ0) is 11.0. The quantitative estimate of drug-likeness (QED) is 0.726. The van der Waals surface area contributed by atoms with E-state index in [2.05, 4.69) is 6.92 Å². The summed E-state index contributed by atoms with van der Waals surface area (Å²) in [6.45, 7) is 2.06. The van der Waals surface area contributed by atoms with Crippen LogP contribution in [0.2, 0.25) is 5.02 Å². The molecule has 78 valence electrons. The Kier molecular flexibility index (Phi) is 2.53. The number of nitrogens with zero attached hydrogens (tertiary/aromatic N) is 1. The highest BCUT2D eigenvalue weighted by atomic mass is 35.5. The number of benzene rings is 1. The van der Waals surface area contributed by atoms with Gasteiger partial charge in [-0.3, -0.25) is 4.79 Å². The molecule has 0 fully saturated rings. The van der Waals surface area contributed by atoms with Crippen LogP contribution in [0.15, 0.2) is 29.2 Å². The highest BCUT2D eigenvalue weighted by Gasteiger charge is 2.08. The largest absolute Gasteiger partial charge is 0.318 e. The molecule has 0 amide bonds. The summed E-state index contributed by atoms with van der Waals surface area (Å²) in [4.78, 5) is 11.9. The SMILES string of the molecule is CCc1cn(C)c(=O)c2cccc(Cl)c12. The Balaban J connectivity index is 3.03. The van der Waals surface area contributed by atoms with Crippen molar-refractivity contribution in [3.8, 4) is 0 Å². The average molecular weight is 222 g/mol. The van der Waals surface area contributed by atoms with Crippen LogP contribution in [0, 0.1) is 0 Å². The fourth-order valence-electron chi connectivity index (χ4n) is 1.84. The molecule has 0 saturated carbocycles. The second-order valence-corrected chi connectivity index (χ2v) is 3.99. The number of aromatic nitrogens is 1. The van der Waals surface area contributed by atoms with Gasteiger partial charge in [0.25, 0.3) is 5.56 Å². The predicted octanol–water partition coefficient (Wildman–Crippen LogP) is 2.75. The molecule has 15 heavy (non-hydrogen) atoms. The maximum atomic E-state index is 11.9. The number of pyridine rings is 1. The lowest BCUT2D eigenvalue weighted by Gasteiger charge is -2.08. The Morgan fingerprint density at radius 3 is 2.80 bits per heavy atom. The summed E-state index contributed by atoms with van der Waals surface area (Å²) in [5.74, 6) is 0. The van der Waals surface area contributed by atoms with Crippen molar-refractivity contribution in [3.63, 3.8) is 0 Å². The Morgan fingerprint density at radius 1 is 1.40 bits per heavy atom. The van der Waals surface area contributed by atoms with Crippen molar-refractivity contribution in [3.05, 3.63) is 45.3 Å².